The van der Waals surface area contributed by atoms with Crippen LogP contribution in [0.5, 0.6) is 0 Å². The molecule has 340 valence electrons. The lowest BCUT2D eigenvalue weighted by atomic mass is 9.95. The third kappa shape index (κ3) is 35.7. The number of carbonyl (C=O) groups excluding carboxylic acids is 1. The summed E-state index contributed by atoms with van der Waals surface area (Å²) in [5, 5.41) is 9.74. The van der Waals surface area contributed by atoms with E-state index in [2.05, 4.69) is 37.5 Å². The maximum atomic E-state index is 12.7. The van der Waals surface area contributed by atoms with E-state index in [1.165, 1.54) is 173 Å². The van der Waals surface area contributed by atoms with Gasteiger partial charge in [-0.2, -0.15) is 0 Å². The second-order valence-electron chi connectivity index (χ2n) is 18.1. The monoisotopic (exact) mass is 809 g/mol. The van der Waals surface area contributed by atoms with Crippen LogP contribution in [0.3, 0.4) is 0 Å². The van der Waals surface area contributed by atoms with Crippen molar-refractivity contribution in [3.05, 3.63) is 0 Å². The topological polar surface area (TPSA) is 71.5 Å². The van der Waals surface area contributed by atoms with Gasteiger partial charge in [-0.15, -0.1) is 0 Å². The Morgan fingerprint density at radius 3 is 1.51 bits per heavy atom. The number of carbonyl (C=O) groups is 1. The number of ether oxygens (including phenoxy) is 3. The molecule has 1 fully saturated rings. The van der Waals surface area contributed by atoms with Gasteiger partial charge in [-0.05, 0) is 76.3 Å². The summed E-state index contributed by atoms with van der Waals surface area (Å²) in [6.45, 7) is 17.8. The van der Waals surface area contributed by atoms with Crippen LogP contribution in [0.4, 0.5) is 0 Å². The van der Waals surface area contributed by atoms with Crippen molar-refractivity contribution in [2.45, 2.75) is 239 Å². The Labute approximate surface area is 355 Å². The van der Waals surface area contributed by atoms with Gasteiger partial charge in [0, 0.05) is 39.2 Å². The largest absolute Gasteiger partial charge is 0.465 e. The molecule has 7 heteroatoms. The zero-order valence-electron chi connectivity index (χ0n) is 38.9. The highest BCUT2D eigenvalue weighted by Gasteiger charge is 2.24. The van der Waals surface area contributed by atoms with E-state index in [-0.39, 0.29) is 12.1 Å². The van der Waals surface area contributed by atoms with Gasteiger partial charge >= 0.3 is 5.97 Å². The number of β-amino-alcohol motifs (C(OH)–C–C–N with tert-alkyl or cyclic N) is 1. The van der Waals surface area contributed by atoms with Gasteiger partial charge in [0.15, 0.2) is 0 Å². The summed E-state index contributed by atoms with van der Waals surface area (Å²) in [6, 6.07) is 0. The Balaban J connectivity index is 2.25. The van der Waals surface area contributed by atoms with Crippen molar-refractivity contribution in [2.75, 3.05) is 65.9 Å². The lowest BCUT2D eigenvalue weighted by Gasteiger charge is -2.37. The normalized spacial score (nSPS) is 14.7. The first kappa shape index (κ1) is 54.3. The Kier molecular flexibility index (Phi) is 40.0. The van der Waals surface area contributed by atoms with Crippen LogP contribution in [-0.4, -0.2) is 92.9 Å². The average Bonchev–Trinajstić information content (AvgIpc) is 3.20. The third-order valence-corrected chi connectivity index (χ3v) is 12.4. The minimum absolute atomic E-state index is 0.00532. The molecule has 7 nitrogen and oxygen atoms in total. The van der Waals surface area contributed by atoms with E-state index >= 15 is 0 Å². The number of hydrogen-bond acceptors (Lipinski definition) is 7. The Bertz CT molecular complexity index is 825. The fourth-order valence-electron chi connectivity index (χ4n) is 8.40. The first-order chi connectivity index (χ1) is 28.0. The molecule has 1 aliphatic heterocycles. The predicted molar refractivity (Wildman–Crippen MR) is 244 cm³/mol. The maximum Gasteiger partial charge on any atom is 0.305 e. The molecular weight excluding hydrogens is 709 g/mol. The predicted octanol–water partition coefficient (Wildman–Crippen LogP) is 13.3. The highest BCUT2D eigenvalue weighted by molar-refractivity contribution is 5.69. The number of hydrogen-bond donors (Lipinski definition) is 1. The fourth-order valence-corrected chi connectivity index (χ4v) is 8.40. The van der Waals surface area contributed by atoms with Gasteiger partial charge in [-0.25, -0.2) is 0 Å². The summed E-state index contributed by atoms with van der Waals surface area (Å²) in [4.78, 5) is 17.7. The second-order valence-corrected chi connectivity index (χ2v) is 18.1. The molecule has 1 aliphatic rings. The minimum atomic E-state index is -0.139. The maximum absolute atomic E-state index is 12.7. The van der Waals surface area contributed by atoms with E-state index in [0.29, 0.717) is 31.7 Å². The number of nitrogens with zero attached hydrogens (tertiary/aromatic N) is 2. The molecule has 1 N–H and O–H groups in total. The molecule has 2 atom stereocenters. The van der Waals surface area contributed by atoms with Gasteiger partial charge in [-0.3, -0.25) is 9.69 Å². The zero-order valence-corrected chi connectivity index (χ0v) is 38.9. The Morgan fingerprint density at radius 2 is 0.982 bits per heavy atom. The van der Waals surface area contributed by atoms with E-state index in [1.807, 2.05) is 0 Å². The number of unbranched alkanes of at least 4 members (excludes halogenated alkanes) is 21. The highest BCUT2D eigenvalue weighted by atomic mass is 16.7. The third-order valence-electron chi connectivity index (χ3n) is 12.4. The highest BCUT2D eigenvalue weighted by Crippen LogP contribution is 2.21. The molecule has 57 heavy (non-hydrogen) atoms. The lowest BCUT2D eigenvalue weighted by molar-refractivity contribution is -0.145. The summed E-state index contributed by atoms with van der Waals surface area (Å²) in [7, 11) is 0. The molecule has 0 radical (unpaired) electrons. The number of aliphatic hydroxyl groups is 1. The molecule has 0 aromatic rings. The summed E-state index contributed by atoms with van der Waals surface area (Å²) < 4.78 is 17.8. The number of aliphatic hydroxyl groups excluding tert-OH is 1. The van der Waals surface area contributed by atoms with Crippen LogP contribution in [0.2, 0.25) is 0 Å². The van der Waals surface area contributed by atoms with Crippen molar-refractivity contribution in [1.29, 1.82) is 0 Å². The van der Waals surface area contributed by atoms with E-state index in [4.69, 9.17) is 14.2 Å². The average molecular weight is 809 g/mol. The molecule has 0 saturated carbocycles. The molecular formula is C50H100N2O5. The summed E-state index contributed by atoms with van der Waals surface area (Å²) in [5.74, 6) is 1.23. The van der Waals surface area contributed by atoms with E-state index < -0.39 is 0 Å². The van der Waals surface area contributed by atoms with Gasteiger partial charge in [0.05, 0.1) is 19.3 Å². The van der Waals surface area contributed by atoms with E-state index in [9.17, 15) is 9.90 Å². The first-order valence-corrected chi connectivity index (χ1v) is 25.5. The van der Waals surface area contributed by atoms with Crippen LogP contribution in [0.1, 0.15) is 233 Å². The van der Waals surface area contributed by atoms with Crippen molar-refractivity contribution in [1.82, 2.24) is 9.80 Å². The van der Waals surface area contributed by atoms with Crippen molar-refractivity contribution >= 4 is 5.97 Å². The van der Waals surface area contributed by atoms with Crippen molar-refractivity contribution in [3.63, 3.8) is 0 Å². The van der Waals surface area contributed by atoms with Crippen LogP contribution < -0.4 is 0 Å². The molecule has 0 amide bonds. The SMILES string of the molecule is CCCCCCCCC(CCCCCC)COCOCCCCCCN(CCCCCC(=O)OCC(CCCCCC)CCCCCCCC)CCN1CC(O)C1. The molecule has 0 spiro atoms. The molecule has 0 bridgehead atoms. The van der Waals surface area contributed by atoms with Crippen molar-refractivity contribution < 1.29 is 24.1 Å². The standard InChI is InChI=1S/C50H100N2O5/c1-5-9-13-17-19-26-33-47(32-24-15-11-7-3)44-56-46-55-41-31-22-21-29-37-51(39-40-52-42-49(53)43-52)38-30-23-28-36-50(54)57-45-48(34-25-16-12-8-4)35-27-20-18-14-10-6-2/h47-49,53H,5-46H2,1-4H3. The summed E-state index contributed by atoms with van der Waals surface area (Å²) in [5.41, 5.74) is 0. The van der Waals surface area contributed by atoms with Gasteiger partial charge < -0.3 is 24.2 Å². The minimum Gasteiger partial charge on any atom is -0.465 e. The lowest BCUT2D eigenvalue weighted by Crippen LogP contribution is -2.52. The number of esters is 1. The van der Waals surface area contributed by atoms with Crippen LogP contribution in [0, 0.1) is 11.8 Å². The van der Waals surface area contributed by atoms with E-state index in [1.54, 1.807) is 0 Å². The Hall–Kier alpha value is -0.730. The molecule has 0 aliphatic carbocycles. The summed E-state index contributed by atoms with van der Waals surface area (Å²) >= 11 is 0. The fraction of sp³-hybridized carbons (Fsp3) is 0.980. The van der Waals surface area contributed by atoms with Gasteiger partial charge in [-0.1, -0.05) is 175 Å². The number of likely N-dealkylation sites (tertiary alicyclic amines) is 1. The second kappa shape index (κ2) is 42.0. The first-order valence-electron chi connectivity index (χ1n) is 25.5. The summed E-state index contributed by atoms with van der Waals surface area (Å²) in [6.07, 6.45) is 40.0. The smallest absolute Gasteiger partial charge is 0.305 e. The zero-order chi connectivity index (χ0) is 41.3. The van der Waals surface area contributed by atoms with Crippen LogP contribution >= 0.6 is 0 Å². The number of rotatable bonds is 46. The van der Waals surface area contributed by atoms with Crippen LogP contribution in [0.15, 0.2) is 0 Å². The van der Waals surface area contributed by atoms with Gasteiger partial charge in [0.1, 0.15) is 6.79 Å². The van der Waals surface area contributed by atoms with Gasteiger partial charge in [0.25, 0.3) is 0 Å². The molecule has 0 aromatic heterocycles. The van der Waals surface area contributed by atoms with E-state index in [0.717, 1.165) is 78.2 Å². The molecule has 2 unspecified atom stereocenters. The molecule has 1 heterocycles. The van der Waals surface area contributed by atoms with Crippen molar-refractivity contribution in [2.24, 2.45) is 11.8 Å². The molecule has 0 aromatic carbocycles. The van der Waals surface area contributed by atoms with Crippen LogP contribution in [0.25, 0.3) is 0 Å². The Morgan fingerprint density at radius 1 is 0.544 bits per heavy atom. The van der Waals surface area contributed by atoms with Crippen molar-refractivity contribution in [3.8, 4) is 0 Å². The van der Waals surface area contributed by atoms with Gasteiger partial charge in [0.2, 0.25) is 0 Å². The van der Waals surface area contributed by atoms with Crippen LogP contribution in [-0.2, 0) is 19.0 Å². The molecule has 1 saturated heterocycles. The molecule has 1 rings (SSSR count). The quantitative estimate of drug-likeness (QED) is 0.0373.